The number of halogens is 1. The summed E-state index contributed by atoms with van der Waals surface area (Å²) in [6.07, 6.45) is -0.488. The molecule has 0 unspecified atom stereocenters. The van der Waals surface area contributed by atoms with Crippen LogP contribution in [0.3, 0.4) is 0 Å². The van der Waals surface area contributed by atoms with Gasteiger partial charge in [-0.3, -0.25) is 4.79 Å². The second-order valence-electron chi connectivity index (χ2n) is 5.28. The lowest BCUT2D eigenvalue weighted by atomic mass is 10.1. The second kappa shape index (κ2) is 5.28. The first-order chi connectivity index (χ1) is 11.2. The van der Waals surface area contributed by atoms with E-state index in [1.165, 1.54) is 6.07 Å². The average molecular weight is 308 g/mol. The Morgan fingerprint density at radius 3 is 2.43 bits per heavy atom. The van der Waals surface area contributed by atoms with E-state index < -0.39 is 6.17 Å². The molecule has 1 aliphatic heterocycles. The summed E-state index contributed by atoms with van der Waals surface area (Å²) >= 11 is 0. The lowest BCUT2D eigenvalue weighted by molar-refractivity contribution is 0.0931. The van der Waals surface area contributed by atoms with Gasteiger partial charge in [-0.2, -0.15) is 0 Å². The minimum absolute atomic E-state index is 0.173. The zero-order valence-electron chi connectivity index (χ0n) is 12.0. The molecule has 4 rings (SSSR count). The molecule has 0 fully saturated rings. The van der Waals surface area contributed by atoms with Crippen molar-refractivity contribution in [3.8, 4) is 11.3 Å². The monoisotopic (exact) mass is 308 g/mol. The van der Waals surface area contributed by atoms with E-state index >= 15 is 0 Å². The van der Waals surface area contributed by atoms with Gasteiger partial charge in [-0.15, -0.1) is 0 Å². The molecule has 0 aliphatic carbocycles. The number of hydrogen-bond donors (Lipinski definition) is 2. The molecule has 0 spiro atoms. The van der Waals surface area contributed by atoms with Crippen LogP contribution in [0.25, 0.3) is 11.3 Å². The summed E-state index contributed by atoms with van der Waals surface area (Å²) in [6.45, 7) is 0. The van der Waals surface area contributed by atoms with Crippen molar-refractivity contribution >= 4 is 11.6 Å². The van der Waals surface area contributed by atoms with Gasteiger partial charge in [0.1, 0.15) is 17.3 Å². The highest BCUT2D eigenvalue weighted by atomic mass is 19.1. The molecule has 23 heavy (non-hydrogen) atoms. The van der Waals surface area contributed by atoms with Gasteiger partial charge in [-0.1, -0.05) is 24.3 Å². The molecule has 0 saturated heterocycles. The summed E-state index contributed by atoms with van der Waals surface area (Å²) in [4.78, 5) is 12.1. The van der Waals surface area contributed by atoms with E-state index in [4.69, 9.17) is 4.42 Å². The average Bonchev–Trinajstić information content (AvgIpc) is 3.05. The predicted octanol–water partition coefficient (Wildman–Crippen LogP) is 3.94. The van der Waals surface area contributed by atoms with E-state index in [1.807, 2.05) is 18.2 Å². The zero-order chi connectivity index (χ0) is 15.8. The fourth-order valence-corrected chi connectivity index (χ4v) is 2.66. The molecule has 1 atom stereocenters. The van der Waals surface area contributed by atoms with Crippen LogP contribution in [0.1, 0.15) is 22.3 Å². The van der Waals surface area contributed by atoms with E-state index in [0.29, 0.717) is 22.6 Å². The number of hydrogen-bond acceptors (Lipinski definition) is 3. The molecule has 0 saturated carbocycles. The van der Waals surface area contributed by atoms with Crippen molar-refractivity contribution in [2.45, 2.75) is 6.17 Å². The quantitative estimate of drug-likeness (QED) is 0.754. The van der Waals surface area contributed by atoms with Crippen LogP contribution in [0.15, 0.2) is 65.1 Å². The van der Waals surface area contributed by atoms with Gasteiger partial charge in [0.2, 0.25) is 0 Å². The summed E-state index contributed by atoms with van der Waals surface area (Å²) < 4.78 is 19.6. The number of fused-ring (bicyclic) bond motifs is 1. The second-order valence-corrected chi connectivity index (χ2v) is 5.28. The van der Waals surface area contributed by atoms with Crippen molar-refractivity contribution in [2.24, 2.45) is 0 Å². The third-order valence-electron chi connectivity index (χ3n) is 3.80. The highest BCUT2D eigenvalue weighted by Crippen LogP contribution is 2.30. The number of carbonyl (C=O) groups is 1. The van der Waals surface area contributed by atoms with Crippen LogP contribution in [-0.2, 0) is 0 Å². The fraction of sp³-hybridized carbons (Fsp3) is 0.0556. The molecule has 4 nitrogen and oxygen atoms in total. The Bertz CT molecular complexity index is 888. The normalized spacial score (nSPS) is 16.4. The van der Waals surface area contributed by atoms with Crippen molar-refractivity contribution in [1.29, 1.82) is 0 Å². The molecule has 1 aliphatic rings. The van der Waals surface area contributed by atoms with Crippen molar-refractivity contribution in [2.75, 3.05) is 5.32 Å². The molecule has 1 amide bonds. The summed E-state index contributed by atoms with van der Waals surface area (Å²) in [6, 6.07) is 17.1. The van der Waals surface area contributed by atoms with Gasteiger partial charge >= 0.3 is 0 Å². The van der Waals surface area contributed by atoms with Crippen molar-refractivity contribution in [3.63, 3.8) is 0 Å². The molecular formula is C18H13FN2O2. The van der Waals surface area contributed by atoms with Crippen LogP contribution in [0.4, 0.5) is 10.1 Å². The van der Waals surface area contributed by atoms with Crippen LogP contribution >= 0.6 is 0 Å². The third kappa shape index (κ3) is 2.36. The minimum atomic E-state index is -0.488. The van der Waals surface area contributed by atoms with Crippen molar-refractivity contribution < 1.29 is 13.6 Å². The summed E-state index contributed by atoms with van der Waals surface area (Å²) in [5, 5.41) is 6.03. The molecule has 2 N–H and O–H groups in total. The summed E-state index contributed by atoms with van der Waals surface area (Å²) in [5.74, 6) is 0.423. The lowest BCUT2D eigenvalue weighted by Gasteiger charge is -2.26. The van der Waals surface area contributed by atoms with E-state index in [0.717, 1.165) is 5.69 Å². The SMILES string of the molecule is O=C1N[C@H](c2ccc(-c3ccccc3F)o2)Nc2ccccc21. The summed E-state index contributed by atoms with van der Waals surface area (Å²) in [7, 11) is 0. The molecule has 114 valence electrons. The van der Waals surface area contributed by atoms with Gasteiger partial charge in [0.25, 0.3) is 5.91 Å². The van der Waals surface area contributed by atoms with Crippen molar-refractivity contribution in [1.82, 2.24) is 5.32 Å². The first-order valence-corrected chi connectivity index (χ1v) is 7.23. The highest BCUT2D eigenvalue weighted by Gasteiger charge is 2.26. The Morgan fingerprint density at radius 1 is 0.870 bits per heavy atom. The summed E-state index contributed by atoms with van der Waals surface area (Å²) in [5.41, 5.74) is 1.72. The zero-order valence-corrected chi connectivity index (χ0v) is 12.0. The number of rotatable bonds is 2. The number of nitrogens with one attached hydrogen (secondary N) is 2. The number of carbonyl (C=O) groups excluding carboxylic acids is 1. The molecular weight excluding hydrogens is 295 g/mol. The molecule has 2 aromatic carbocycles. The number of para-hydroxylation sites is 1. The fourth-order valence-electron chi connectivity index (χ4n) is 2.66. The molecule has 3 aromatic rings. The highest BCUT2D eigenvalue weighted by molar-refractivity contribution is 6.01. The van der Waals surface area contributed by atoms with E-state index in [1.54, 1.807) is 36.4 Å². The Hall–Kier alpha value is -3.08. The Labute approximate surface area is 131 Å². The number of furan rings is 1. The largest absolute Gasteiger partial charge is 0.457 e. The van der Waals surface area contributed by atoms with Gasteiger partial charge in [-0.25, -0.2) is 4.39 Å². The molecule has 0 radical (unpaired) electrons. The maximum atomic E-state index is 13.8. The van der Waals surface area contributed by atoms with Crippen LogP contribution in [0, 0.1) is 5.82 Å². The topological polar surface area (TPSA) is 54.3 Å². The molecule has 2 heterocycles. The Balaban J connectivity index is 1.66. The number of benzene rings is 2. The standard InChI is InChI=1S/C18H13FN2O2/c19-13-7-3-1-5-11(13)15-9-10-16(23-15)17-20-14-8-4-2-6-12(14)18(22)21-17/h1-10,17,20H,(H,21,22)/t17-/m1/s1. The lowest BCUT2D eigenvalue weighted by Crippen LogP contribution is -2.38. The van der Waals surface area contributed by atoms with Gasteiger partial charge in [0.15, 0.2) is 6.17 Å². The number of amides is 1. The van der Waals surface area contributed by atoms with E-state index in [2.05, 4.69) is 10.6 Å². The van der Waals surface area contributed by atoms with Crippen LogP contribution in [0.2, 0.25) is 0 Å². The van der Waals surface area contributed by atoms with Gasteiger partial charge < -0.3 is 15.1 Å². The molecule has 5 heteroatoms. The maximum Gasteiger partial charge on any atom is 0.255 e. The molecule has 0 bridgehead atoms. The first-order valence-electron chi connectivity index (χ1n) is 7.23. The Morgan fingerprint density at radius 2 is 1.61 bits per heavy atom. The van der Waals surface area contributed by atoms with E-state index in [9.17, 15) is 9.18 Å². The van der Waals surface area contributed by atoms with Gasteiger partial charge in [-0.05, 0) is 36.4 Å². The smallest absolute Gasteiger partial charge is 0.255 e. The maximum absolute atomic E-state index is 13.8. The Kier molecular flexibility index (Phi) is 3.12. The first kappa shape index (κ1) is 13.6. The van der Waals surface area contributed by atoms with Crippen LogP contribution in [0.5, 0.6) is 0 Å². The van der Waals surface area contributed by atoms with Crippen molar-refractivity contribution in [3.05, 3.63) is 77.8 Å². The minimum Gasteiger partial charge on any atom is -0.457 e. The molecule has 1 aromatic heterocycles. The number of anilines is 1. The van der Waals surface area contributed by atoms with Crippen LogP contribution in [-0.4, -0.2) is 5.91 Å². The van der Waals surface area contributed by atoms with Crippen LogP contribution < -0.4 is 10.6 Å². The third-order valence-corrected chi connectivity index (χ3v) is 3.80. The van der Waals surface area contributed by atoms with E-state index in [-0.39, 0.29) is 11.7 Å². The predicted molar refractivity (Wildman–Crippen MR) is 84.4 cm³/mol. The van der Waals surface area contributed by atoms with Gasteiger partial charge in [0, 0.05) is 5.69 Å². The van der Waals surface area contributed by atoms with Gasteiger partial charge in [0.05, 0.1) is 11.1 Å².